The Bertz CT molecular complexity index is 482. The molecule has 1 aliphatic heterocycles. The highest BCUT2D eigenvalue weighted by Gasteiger charge is 2.44. The quantitative estimate of drug-likeness (QED) is 0.606. The predicted molar refractivity (Wildman–Crippen MR) is 68.7 cm³/mol. The minimum absolute atomic E-state index is 0.115. The van der Waals surface area contributed by atoms with Gasteiger partial charge in [-0.1, -0.05) is 18.6 Å². The molecule has 0 bridgehead atoms. The molecule has 102 valence electrons. The second kappa shape index (κ2) is 4.90. The number of benzene rings is 1. The van der Waals surface area contributed by atoms with Crippen LogP contribution >= 0.6 is 0 Å². The number of nitrogens with zero attached hydrogens (tertiary/aromatic N) is 1. The molecule has 1 unspecified atom stereocenters. The predicted octanol–water partition coefficient (Wildman–Crippen LogP) is 3.34. The van der Waals surface area contributed by atoms with Crippen molar-refractivity contribution < 1.29 is 14.4 Å². The Hall–Kier alpha value is -1.46. The van der Waals surface area contributed by atoms with Gasteiger partial charge in [-0.3, -0.25) is 10.1 Å². The zero-order valence-corrected chi connectivity index (χ0v) is 10.7. The number of rotatable bonds is 2. The molecule has 3 rings (SSSR count). The maximum absolute atomic E-state index is 11.1. The molecule has 1 heterocycles. The molecule has 0 radical (unpaired) electrons. The van der Waals surface area contributed by atoms with Crippen molar-refractivity contribution in [1.82, 2.24) is 0 Å². The summed E-state index contributed by atoms with van der Waals surface area (Å²) in [6.07, 6.45) is 4.88. The normalized spacial score (nSPS) is 25.6. The molecule has 19 heavy (non-hydrogen) atoms. The smallest absolute Gasteiger partial charge is 0.275 e. The van der Waals surface area contributed by atoms with Gasteiger partial charge in [0.05, 0.1) is 17.1 Å². The summed E-state index contributed by atoms with van der Waals surface area (Å²) in [5, 5.41) is 11.1. The molecule has 2 fully saturated rings. The first-order valence-corrected chi connectivity index (χ1v) is 6.75. The zero-order valence-electron chi connectivity index (χ0n) is 10.7. The molecule has 0 aromatic heterocycles. The van der Waals surface area contributed by atoms with Crippen LogP contribution in [0.25, 0.3) is 0 Å². The van der Waals surface area contributed by atoms with Gasteiger partial charge in [0.15, 0.2) is 5.79 Å². The van der Waals surface area contributed by atoms with Crippen molar-refractivity contribution in [1.29, 1.82) is 0 Å². The molecule has 1 aromatic carbocycles. The molecule has 5 heteroatoms. The van der Waals surface area contributed by atoms with E-state index in [9.17, 15) is 10.1 Å². The van der Waals surface area contributed by atoms with Gasteiger partial charge in [0, 0.05) is 18.9 Å². The van der Waals surface area contributed by atoms with Gasteiger partial charge in [0.2, 0.25) is 0 Å². The summed E-state index contributed by atoms with van der Waals surface area (Å²) >= 11 is 0. The lowest BCUT2D eigenvalue weighted by molar-refractivity contribution is -0.386. The van der Waals surface area contributed by atoms with E-state index in [-0.39, 0.29) is 16.7 Å². The fraction of sp³-hybridized carbons (Fsp3) is 0.571. The molecule has 2 aliphatic rings. The molecule has 1 spiro atoms. The van der Waals surface area contributed by atoms with Gasteiger partial charge in [0.1, 0.15) is 6.10 Å². The van der Waals surface area contributed by atoms with Gasteiger partial charge in [-0.15, -0.1) is 0 Å². The van der Waals surface area contributed by atoms with E-state index >= 15 is 0 Å². The summed E-state index contributed by atoms with van der Waals surface area (Å²) in [5.41, 5.74) is 0.735. The number of hydrogen-bond acceptors (Lipinski definition) is 4. The van der Waals surface area contributed by atoms with Crippen LogP contribution in [-0.2, 0) is 9.47 Å². The van der Waals surface area contributed by atoms with Crippen LogP contribution in [0, 0.1) is 10.1 Å². The largest absolute Gasteiger partial charge is 0.347 e. The second-order valence-electron chi connectivity index (χ2n) is 5.20. The zero-order chi connectivity index (χ0) is 13.3. The van der Waals surface area contributed by atoms with E-state index in [1.165, 1.54) is 12.5 Å². The summed E-state index contributed by atoms with van der Waals surface area (Å²) in [4.78, 5) is 10.7. The standard InChI is InChI=1S/C14H17NO4/c16-15(17)12-7-3-2-6-11(12)13-10-18-14(19-13)8-4-1-5-9-14/h2-3,6-7,13H,1,4-5,8-10H2. The Kier molecular flexibility index (Phi) is 3.24. The first kappa shape index (κ1) is 12.6. The van der Waals surface area contributed by atoms with Crippen LogP contribution in [0.5, 0.6) is 0 Å². The Morgan fingerprint density at radius 3 is 2.68 bits per heavy atom. The minimum atomic E-state index is -0.493. The first-order chi connectivity index (χ1) is 9.20. The summed E-state index contributed by atoms with van der Waals surface area (Å²) in [6.45, 7) is 0.408. The summed E-state index contributed by atoms with van der Waals surface area (Å²) in [7, 11) is 0. The molecule has 1 saturated carbocycles. The van der Waals surface area contributed by atoms with Crippen molar-refractivity contribution in [2.45, 2.75) is 44.0 Å². The lowest BCUT2D eigenvalue weighted by Gasteiger charge is -2.31. The van der Waals surface area contributed by atoms with Gasteiger partial charge in [-0.2, -0.15) is 0 Å². The van der Waals surface area contributed by atoms with E-state index in [1.54, 1.807) is 18.2 Å². The van der Waals surface area contributed by atoms with Crippen LogP contribution in [0.1, 0.15) is 43.8 Å². The van der Waals surface area contributed by atoms with E-state index in [0.29, 0.717) is 12.2 Å². The summed E-state index contributed by atoms with van der Waals surface area (Å²) in [5.74, 6) is -0.493. The first-order valence-electron chi connectivity index (χ1n) is 6.75. The van der Waals surface area contributed by atoms with Crippen molar-refractivity contribution in [2.24, 2.45) is 0 Å². The minimum Gasteiger partial charge on any atom is -0.347 e. The second-order valence-corrected chi connectivity index (χ2v) is 5.20. The highest BCUT2D eigenvalue weighted by molar-refractivity contribution is 5.41. The van der Waals surface area contributed by atoms with Crippen LogP contribution in [0.2, 0.25) is 0 Å². The average molecular weight is 263 g/mol. The molecule has 0 amide bonds. The molecular formula is C14H17NO4. The number of nitro benzene ring substituents is 1. The van der Waals surface area contributed by atoms with Gasteiger partial charge in [0.25, 0.3) is 5.69 Å². The van der Waals surface area contributed by atoms with Crippen LogP contribution in [-0.4, -0.2) is 17.3 Å². The SMILES string of the molecule is O=[N+]([O-])c1ccccc1C1COC2(CCCCC2)O1. The van der Waals surface area contributed by atoms with Gasteiger partial charge >= 0.3 is 0 Å². The van der Waals surface area contributed by atoms with Crippen LogP contribution < -0.4 is 0 Å². The third kappa shape index (κ3) is 2.35. The highest BCUT2D eigenvalue weighted by atomic mass is 16.7. The molecule has 1 aromatic rings. The lowest BCUT2D eigenvalue weighted by atomic mass is 9.94. The van der Waals surface area contributed by atoms with E-state index in [2.05, 4.69) is 0 Å². The molecule has 0 N–H and O–H groups in total. The fourth-order valence-electron chi connectivity index (χ4n) is 2.99. The molecular weight excluding hydrogens is 246 g/mol. The maximum Gasteiger partial charge on any atom is 0.275 e. The van der Waals surface area contributed by atoms with Crippen molar-refractivity contribution in [2.75, 3.05) is 6.61 Å². The van der Waals surface area contributed by atoms with Crippen molar-refractivity contribution >= 4 is 5.69 Å². The average Bonchev–Trinajstić information content (AvgIpc) is 2.83. The summed E-state index contributed by atoms with van der Waals surface area (Å²) < 4.78 is 11.9. The van der Waals surface area contributed by atoms with Gasteiger partial charge < -0.3 is 9.47 Å². The Balaban J connectivity index is 1.83. The number of hydrogen-bond donors (Lipinski definition) is 0. The van der Waals surface area contributed by atoms with Crippen LogP contribution in [0.4, 0.5) is 5.69 Å². The van der Waals surface area contributed by atoms with Crippen molar-refractivity contribution in [3.05, 3.63) is 39.9 Å². The van der Waals surface area contributed by atoms with Gasteiger partial charge in [-0.05, 0) is 18.9 Å². The summed E-state index contributed by atoms with van der Waals surface area (Å²) in [6, 6.07) is 6.75. The molecule has 1 atom stereocenters. The van der Waals surface area contributed by atoms with Crippen molar-refractivity contribution in [3.63, 3.8) is 0 Å². The Morgan fingerprint density at radius 2 is 1.95 bits per heavy atom. The molecule has 1 aliphatic carbocycles. The van der Waals surface area contributed by atoms with Crippen LogP contribution in [0.3, 0.4) is 0 Å². The fourth-order valence-corrected chi connectivity index (χ4v) is 2.99. The third-order valence-electron chi connectivity index (χ3n) is 3.95. The molecule has 5 nitrogen and oxygen atoms in total. The number of nitro groups is 1. The highest BCUT2D eigenvalue weighted by Crippen LogP contribution is 2.44. The van der Waals surface area contributed by atoms with Crippen molar-refractivity contribution in [3.8, 4) is 0 Å². The van der Waals surface area contributed by atoms with Gasteiger partial charge in [-0.25, -0.2) is 0 Å². The van der Waals surface area contributed by atoms with E-state index in [4.69, 9.17) is 9.47 Å². The maximum atomic E-state index is 11.1. The number of para-hydroxylation sites is 1. The topological polar surface area (TPSA) is 61.6 Å². The van der Waals surface area contributed by atoms with E-state index in [0.717, 1.165) is 25.7 Å². The third-order valence-corrected chi connectivity index (χ3v) is 3.95. The Morgan fingerprint density at radius 1 is 1.21 bits per heavy atom. The Labute approximate surface area is 111 Å². The molecule has 1 saturated heterocycles. The number of ether oxygens (including phenoxy) is 2. The lowest BCUT2D eigenvalue weighted by Crippen LogP contribution is -2.32. The van der Waals surface area contributed by atoms with Crippen LogP contribution in [0.15, 0.2) is 24.3 Å². The van der Waals surface area contributed by atoms with E-state index < -0.39 is 5.79 Å². The van der Waals surface area contributed by atoms with E-state index in [1.807, 2.05) is 0 Å². The monoisotopic (exact) mass is 263 g/mol.